The molecule has 0 amide bonds. The molecular weight excluding hydrogens is 675 g/mol. The van der Waals surface area contributed by atoms with E-state index in [2.05, 4.69) is 78.9 Å². The zero-order chi connectivity index (χ0) is 26.6. The van der Waals surface area contributed by atoms with Crippen LogP contribution in [0.3, 0.4) is 0 Å². The van der Waals surface area contributed by atoms with Crippen molar-refractivity contribution < 1.29 is 51.0 Å². The smallest absolute Gasteiger partial charge is 1.00 e. The molecule has 0 heterocycles. The van der Waals surface area contributed by atoms with E-state index < -0.39 is 0 Å². The third-order valence-electron chi connectivity index (χ3n) is 4.56. The molecule has 0 fully saturated rings. The minimum Gasteiger partial charge on any atom is -1.00 e. The SMILES string of the molecule is [C-]1=CC=CC1.[Cl-].[Cl-].[Si].[Si].[Zr+2].[c-]1ccccc1.[c-]1ccccc1.[c-]1ccccc1.[c-]1ccccc1.c1ccc2[cH-]ccc2c1. The van der Waals surface area contributed by atoms with Gasteiger partial charge in [-0.3, -0.25) is 6.08 Å². The summed E-state index contributed by atoms with van der Waals surface area (Å²) >= 11 is 0. The van der Waals surface area contributed by atoms with Crippen LogP contribution in [0.25, 0.3) is 10.8 Å². The van der Waals surface area contributed by atoms with E-state index in [1.807, 2.05) is 133 Å². The molecule has 0 unspecified atom stereocenters. The van der Waals surface area contributed by atoms with Crippen molar-refractivity contribution in [2.45, 2.75) is 6.42 Å². The van der Waals surface area contributed by atoms with Crippen molar-refractivity contribution in [3.8, 4) is 0 Å². The van der Waals surface area contributed by atoms with Crippen LogP contribution in [0.5, 0.6) is 0 Å². The molecule has 1 aliphatic rings. The van der Waals surface area contributed by atoms with Crippen molar-refractivity contribution in [1.29, 1.82) is 0 Å². The van der Waals surface area contributed by atoms with Crippen LogP contribution in [0.4, 0.5) is 0 Å². The maximum absolute atomic E-state index is 2.99. The summed E-state index contributed by atoms with van der Waals surface area (Å²) in [6.45, 7) is 0. The van der Waals surface area contributed by atoms with Gasteiger partial charge >= 0.3 is 26.2 Å². The second-order valence-corrected chi connectivity index (χ2v) is 7.47. The number of rotatable bonds is 0. The summed E-state index contributed by atoms with van der Waals surface area (Å²) in [6, 6.07) is 64.7. The summed E-state index contributed by atoms with van der Waals surface area (Å²) in [4.78, 5) is 0. The maximum Gasteiger partial charge on any atom is 2.00 e. The second-order valence-electron chi connectivity index (χ2n) is 7.47. The molecule has 6 aromatic rings. The Hall–Kier alpha value is -2.91. The van der Waals surface area contributed by atoms with E-state index in [-0.39, 0.29) is 72.9 Å². The molecule has 0 saturated carbocycles. The summed E-state index contributed by atoms with van der Waals surface area (Å²) in [5, 5.41) is 2.66. The van der Waals surface area contributed by atoms with Gasteiger partial charge in [0.05, 0.1) is 0 Å². The quantitative estimate of drug-likeness (QED) is 0.169. The molecule has 0 aliphatic heterocycles. The van der Waals surface area contributed by atoms with Crippen LogP contribution in [0, 0.1) is 30.3 Å². The van der Waals surface area contributed by atoms with Gasteiger partial charge in [0.2, 0.25) is 0 Å². The van der Waals surface area contributed by atoms with E-state index in [1.165, 1.54) is 10.8 Å². The Bertz CT molecular complexity index is 1060. The third kappa shape index (κ3) is 29.0. The summed E-state index contributed by atoms with van der Waals surface area (Å²) < 4.78 is 0. The van der Waals surface area contributed by atoms with Crippen LogP contribution in [0.1, 0.15) is 6.42 Å². The van der Waals surface area contributed by atoms with Gasteiger partial charge in [-0.25, -0.2) is 12.2 Å². The van der Waals surface area contributed by atoms with Gasteiger partial charge in [-0.1, -0.05) is 6.07 Å². The molecule has 0 saturated heterocycles. The topological polar surface area (TPSA) is 0 Å². The van der Waals surface area contributed by atoms with E-state index in [0.717, 1.165) is 6.42 Å². The molecule has 0 aromatic heterocycles. The first-order valence-electron chi connectivity index (χ1n) is 12.4. The Labute approximate surface area is 300 Å². The molecule has 0 atom stereocenters. The predicted octanol–water partition coefficient (Wildman–Crippen LogP) is 3.06. The van der Waals surface area contributed by atoms with Gasteiger partial charge in [0.25, 0.3) is 0 Å². The van der Waals surface area contributed by atoms with Crippen LogP contribution in [0.2, 0.25) is 0 Å². The fourth-order valence-corrected chi connectivity index (χ4v) is 2.78. The molecule has 5 heteroatoms. The Balaban J connectivity index is -0.000000209. The molecule has 0 nitrogen and oxygen atoms in total. The van der Waals surface area contributed by atoms with Crippen molar-refractivity contribution in [1.82, 2.24) is 0 Å². The number of benzene rings is 5. The molecular formula is C38H32Cl2Si2Zr-6. The Morgan fingerprint density at radius 1 is 0.488 bits per heavy atom. The van der Waals surface area contributed by atoms with Crippen molar-refractivity contribution in [3.63, 3.8) is 0 Å². The average Bonchev–Trinajstić information content (AvgIpc) is 3.78. The van der Waals surface area contributed by atoms with Gasteiger partial charge in [-0.05, 0) is 0 Å². The summed E-state index contributed by atoms with van der Waals surface area (Å²) in [5.74, 6) is 0. The number of fused-ring (bicyclic) bond motifs is 1. The largest absolute Gasteiger partial charge is 2.00 e. The number of hydrogen-bond donors (Lipinski definition) is 0. The van der Waals surface area contributed by atoms with Crippen molar-refractivity contribution in [3.05, 3.63) is 212 Å². The number of allylic oxidation sites excluding steroid dienone is 4. The maximum atomic E-state index is 2.99. The Kier molecular flexibility index (Phi) is 40.6. The minimum atomic E-state index is 0. The van der Waals surface area contributed by atoms with Crippen LogP contribution < -0.4 is 24.8 Å². The summed E-state index contributed by atoms with van der Waals surface area (Å²) in [5.41, 5.74) is 0. The van der Waals surface area contributed by atoms with Gasteiger partial charge in [-0.2, -0.15) is 169 Å². The molecule has 43 heavy (non-hydrogen) atoms. The van der Waals surface area contributed by atoms with Crippen molar-refractivity contribution in [2.24, 2.45) is 0 Å². The minimum absolute atomic E-state index is 0. The van der Waals surface area contributed by atoms with E-state index >= 15 is 0 Å². The van der Waals surface area contributed by atoms with Crippen molar-refractivity contribution >= 4 is 32.7 Å². The van der Waals surface area contributed by atoms with E-state index in [1.54, 1.807) is 0 Å². The first-order chi connectivity index (χ1) is 19.0. The average molecular weight is 707 g/mol. The fraction of sp³-hybridized carbons (Fsp3) is 0.0263. The van der Waals surface area contributed by atoms with E-state index in [4.69, 9.17) is 0 Å². The molecule has 1 aliphatic carbocycles. The van der Waals surface area contributed by atoms with Gasteiger partial charge in [0, 0.05) is 21.9 Å². The molecule has 216 valence electrons. The Morgan fingerprint density at radius 3 is 1.12 bits per heavy atom. The number of hydrogen-bond acceptors (Lipinski definition) is 0. The Morgan fingerprint density at radius 2 is 0.884 bits per heavy atom. The van der Waals surface area contributed by atoms with Gasteiger partial charge in [0.1, 0.15) is 0 Å². The molecule has 0 spiro atoms. The van der Waals surface area contributed by atoms with Gasteiger partial charge < -0.3 is 24.8 Å². The molecule has 8 radical (unpaired) electrons. The first kappa shape index (κ1) is 47.0. The second kappa shape index (κ2) is 37.1. The zero-order valence-electron chi connectivity index (χ0n) is 23.8. The summed E-state index contributed by atoms with van der Waals surface area (Å²) in [6.07, 6.45) is 10.0. The van der Waals surface area contributed by atoms with Gasteiger partial charge in [0.15, 0.2) is 0 Å². The molecule has 0 N–H and O–H groups in total. The normalized spacial score (nSPS) is 8.65. The fourth-order valence-electron chi connectivity index (χ4n) is 2.78. The first-order valence-corrected chi connectivity index (χ1v) is 12.4. The van der Waals surface area contributed by atoms with Crippen LogP contribution >= 0.6 is 0 Å². The molecule has 0 bridgehead atoms. The van der Waals surface area contributed by atoms with Crippen LogP contribution in [-0.2, 0) is 26.2 Å². The molecule has 6 aromatic carbocycles. The summed E-state index contributed by atoms with van der Waals surface area (Å²) in [7, 11) is 0. The standard InChI is InChI=1S/C9H7.4C6H5.C5H5.2ClH.2Si.Zr/c1-2-5-9-7-3-6-8(9)4-1;4*1-2-4-6-5-3-1;1-2-4-5-3-1;;;;;/h1-7H;4*1-5H;1-3H,4H2;2*1H;;;/q6*-1;;;;;+2/p-2. The van der Waals surface area contributed by atoms with E-state index in [0.29, 0.717) is 0 Å². The monoisotopic (exact) mass is 704 g/mol. The molecule has 7 rings (SSSR count). The van der Waals surface area contributed by atoms with Gasteiger partial charge in [-0.15, -0.1) is 36.1 Å². The predicted molar refractivity (Wildman–Crippen MR) is 174 cm³/mol. The zero-order valence-corrected chi connectivity index (χ0v) is 29.8. The van der Waals surface area contributed by atoms with Crippen molar-refractivity contribution in [2.75, 3.05) is 0 Å². The third-order valence-corrected chi connectivity index (χ3v) is 4.56. The van der Waals surface area contributed by atoms with Crippen LogP contribution in [-0.4, -0.2) is 21.9 Å². The number of halogens is 2. The van der Waals surface area contributed by atoms with E-state index in [9.17, 15) is 0 Å². The van der Waals surface area contributed by atoms with Crippen LogP contribution in [0.15, 0.2) is 182 Å².